The van der Waals surface area contributed by atoms with Gasteiger partial charge in [-0.25, -0.2) is 4.79 Å². The zero-order valence-electron chi connectivity index (χ0n) is 9.50. The fraction of sp³-hybridized carbons (Fsp3) is 0.417. The van der Waals surface area contributed by atoms with Crippen molar-refractivity contribution in [2.45, 2.75) is 31.1 Å². The highest BCUT2D eigenvalue weighted by atomic mass is 32.2. The molecule has 0 aliphatic rings. The maximum absolute atomic E-state index is 10.9. The molecule has 0 amide bonds. The molecule has 0 saturated heterocycles. The molecule has 1 N–H and O–H groups in total. The van der Waals surface area contributed by atoms with Crippen molar-refractivity contribution < 1.29 is 9.90 Å². The summed E-state index contributed by atoms with van der Waals surface area (Å²) in [5.74, 6) is -0.864. The van der Waals surface area contributed by atoms with Crippen LogP contribution in [-0.2, 0) is 5.41 Å². The Morgan fingerprint density at radius 3 is 2.27 bits per heavy atom. The predicted molar refractivity (Wildman–Crippen MR) is 63.9 cm³/mol. The van der Waals surface area contributed by atoms with Gasteiger partial charge in [0, 0.05) is 4.90 Å². The van der Waals surface area contributed by atoms with Crippen molar-refractivity contribution in [2.24, 2.45) is 0 Å². The molecule has 1 aromatic rings. The van der Waals surface area contributed by atoms with Gasteiger partial charge in [0.2, 0.25) is 0 Å². The second-order valence-electron chi connectivity index (χ2n) is 4.51. The lowest BCUT2D eigenvalue weighted by atomic mass is 9.86. The second-order valence-corrected chi connectivity index (χ2v) is 5.38. The third kappa shape index (κ3) is 2.99. The Hall–Kier alpha value is -0.960. The van der Waals surface area contributed by atoms with Crippen LogP contribution in [0.25, 0.3) is 0 Å². The van der Waals surface area contributed by atoms with E-state index in [1.165, 1.54) is 0 Å². The van der Waals surface area contributed by atoms with Gasteiger partial charge in [-0.15, -0.1) is 11.8 Å². The molecule has 0 heterocycles. The average Bonchev–Trinajstić information content (AvgIpc) is 2.15. The number of hydrogen-bond donors (Lipinski definition) is 1. The van der Waals surface area contributed by atoms with E-state index >= 15 is 0 Å². The Kier molecular flexibility index (Phi) is 3.45. The topological polar surface area (TPSA) is 37.3 Å². The summed E-state index contributed by atoms with van der Waals surface area (Å²) < 4.78 is 0. The van der Waals surface area contributed by atoms with Gasteiger partial charge in [-0.1, -0.05) is 20.8 Å². The molecule has 0 aliphatic carbocycles. The first-order chi connectivity index (χ1) is 6.84. The first-order valence-corrected chi connectivity index (χ1v) is 6.00. The molecule has 0 saturated carbocycles. The van der Waals surface area contributed by atoms with E-state index in [2.05, 4.69) is 26.8 Å². The van der Waals surface area contributed by atoms with Crippen LogP contribution < -0.4 is 0 Å². The smallest absolute Gasteiger partial charge is 0.335 e. The SMILES string of the molecule is CSc1cc(C(=O)O)cc(C(C)(C)C)c1. The van der Waals surface area contributed by atoms with Gasteiger partial charge in [-0.2, -0.15) is 0 Å². The minimum Gasteiger partial charge on any atom is -0.478 e. The zero-order chi connectivity index (χ0) is 11.6. The average molecular weight is 224 g/mol. The first kappa shape index (κ1) is 12.1. The highest BCUT2D eigenvalue weighted by Gasteiger charge is 2.16. The van der Waals surface area contributed by atoms with Gasteiger partial charge in [0.15, 0.2) is 0 Å². The summed E-state index contributed by atoms with van der Waals surface area (Å²) in [4.78, 5) is 11.9. The maximum atomic E-state index is 10.9. The standard InChI is InChI=1S/C12H16O2S/c1-12(2,3)9-5-8(11(13)14)6-10(7-9)15-4/h5-7H,1-4H3,(H,13,14). The Balaban J connectivity index is 3.30. The zero-order valence-corrected chi connectivity index (χ0v) is 10.3. The van der Waals surface area contributed by atoms with Crippen LogP contribution in [0.15, 0.2) is 23.1 Å². The highest BCUT2D eigenvalue weighted by Crippen LogP contribution is 2.27. The molecule has 0 atom stereocenters. The molecule has 2 nitrogen and oxygen atoms in total. The minimum atomic E-state index is -0.864. The molecule has 3 heteroatoms. The van der Waals surface area contributed by atoms with Crippen molar-refractivity contribution >= 4 is 17.7 Å². The van der Waals surface area contributed by atoms with E-state index < -0.39 is 5.97 Å². The summed E-state index contributed by atoms with van der Waals surface area (Å²) in [6.45, 7) is 6.24. The van der Waals surface area contributed by atoms with E-state index in [9.17, 15) is 4.79 Å². The molecule has 0 fully saturated rings. The summed E-state index contributed by atoms with van der Waals surface area (Å²) in [6.07, 6.45) is 1.95. The van der Waals surface area contributed by atoms with Crippen LogP contribution in [0.1, 0.15) is 36.7 Å². The molecule has 1 aromatic carbocycles. The lowest BCUT2D eigenvalue weighted by molar-refractivity contribution is 0.0696. The summed E-state index contributed by atoms with van der Waals surface area (Å²) in [5.41, 5.74) is 1.41. The molecule has 82 valence electrons. The fourth-order valence-corrected chi connectivity index (χ4v) is 1.76. The number of carboxylic acids is 1. The van der Waals surface area contributed by atoms with E-state index in [4.69, 9.17) is 5.11 Å². The molecule has 15 heavy (non-hydrogen) atoms. The van der Waals surface area contributed by atoms with Crippen molar-refractivity contribution in [2.75, 3.05) is 6.26 Å². The van der Waals surface area contributed by atoms with Crippen molar-refractivity contribution in [3.63, 3.8) is 0 Å². The van der Waals surface area contributed by atoms with Crippen LogP contribution in [0.4, 0.5) is 0 Å². The lowest BCUT2D eigenvalue weighted by Crippen LogP contribution is -2.12. The Bertz CT molecular complexity index is 378. The number of rotatable bonds is 2. The molecule has 0 unspecified atom stereocenters. The summed E-state index contributed by atoms with van der Waals surface area (Å²) in [7, 11) is 0. The quantitative estimate of drug-likeness (QED) is 0.782. The van der Waals surface area contributed by atoms with E-state index in [1.807, 2.05) is 6.26 Å². The molecule has 0 radical (unpaired) electrons. The van der Waals surface area contributed by atoms with Crippen LogP contribution in [0.2, 0.25) is 0 Å². The van der Waals surface area contributed by atoms with Crippen molar-refractivity contribution in [1.82, 2.24) is 0 Å². The van der Waals surface area contributed by atoms with Crippen LogP contribution in [-0.4, -0.2) is 17.3 Å². The second kappa shape index (κ2) is 4.27. The van der Waals surface area contributed by atoms with Gasteiger partial charge in [-0.05, 0) is 35.4 Å². The van der Waals surface area contributed by atoms with Crippen LogP contribution in [0.3, 0.4) is 0 Å². The monoisotopic (exact) mass is 224 g/mol. The molecule has 0 spiro atoms. The number of carbonyl (C=O) groups is 1. The van der Waals surface area contributed by atoms with E-state index in [-0.39, 0.29) is 5.41 Å². The number of benzene rings is 1. The number of hydrogen-bond acceptors (Lipinski definition) is 2. The largest absolute Gasteiger partial charge is 0.478 e. The normalized spacial score (nSPS) is 11.5. The Morgan fingerprint density at radius 2 is 1.87 bits per heavy atom. The van der Waals surface area contributed by atoms with Crippen LogP contribution >= 0.6 is 11.8 Å². The molecule has 0 bridgehead atoms. The predicted octanol–water partition coefficient (Wildman–Crippen LogP) is 3.40. The van der Waals surface area contributed by atoms with Crippen LogP contribution in [0, 0.1) is 0 Å². The minimum absolute atomic E-state index is 0.0179. The number of aromatic carboxylic acids is 1. The molecule has 0 aliphatic heterocycles. The lowest BCUT2D eigenvalue weighted by Gasteiger charge is -2.20. The maximum Gasteiger partial charge on any atom is 0.335 e. The van der Waals surface area contributed by atoms with Crippen molar-refractivity contribution in [1.29, 1.82) is 0 Å². The Morgan fingerprint density at radius 1 is 1.27 bits per heavy atom. The molecule has 1 rings (SSSR count). The van der Waals surface area contributed by atoms with Gasteiger partial charge in [0.05, 0.1) is 5.56 Å². The van der Waals surface area contributed by atoms with Gasteiger partial charge < -0.3 is 5.11 Å². The molecule has 0 aromatic heterocycles. The number of thioether (sulfide) groups is 1. The Labute approximate surface area is 94.7 Å². The van der Waals surface area contributed by atoms with Gasteiger partial charge in [0.25, 0.3) is 0 Å². The summed E-state index contributed by atoms with van der Waals surface area (Å²) in [6, 6.07) is 5.52. The van der Waals surface area contributed by atoms with Gasteiger partial charge in [-0.3, -0.25) is 0 Å². The molecular formula is C12H16O2S. The third-order valence-corrected chi connectivity index (χ3v) is 2.96. The van der Waals surface area contributed by atoms with E-state index in [0.29, 0.717) is 5.56 Å². The van der Waals surface area contributed by atoms with E-state index in [0.717, 1.165) is 10.5 Å². The first-order valence-electron chi connectivity index (χ1n) is 4.77. The highest BCUT2D eigenvalue weighted by molar-refractivity contribution is 7.98. The fourth-order valence-electron chi connectivity index (χ4n) is 1.27. The third-order valence-electron chi connectivity index (χ3n) is 2.26. The number of carboxylic acid groups (broad SMARTS) is 1. The van der Waals surface area contributed by atoms with Crippen LogP contribution in [0.5, 0.6) is 0 Å². The van der Waals surface area contributed by atoms with Crippen molar-refractivity contribution in [3.05, 3.63) is 29.3 Å². The van der Waals surface area contributed by atoms with Crippen molar-refractivity contribution in [3.8, 4) is 0 Å². The van der Waals surface area contributed by atoms with Gasteiger partial charge in [0.1, 0.15) is 0 Å². The molecular weight excluding hydrogens is 208 g/mol. The van der Waals surface area contributed by atoms with E-state index in [1.54, 1.807) is 23.9 Å². The summed E-state index contributed by atoms with van der Waals surface area (Å²) in [5, 5.41) is 8.99. The summed E-state index contributed by atoms with van der Waals surface area (Å²) >= 11 is 1.57. The van der Waals surface area contributed by atoms with Gasteiger partial charge >= 0.3 is 5.97 Å².